The maximum absolute atomic E-state index is 13.1. The molecule has 6 nitrogen and oxygen atoms in total. The summed E-state index contributed by atoms with van der Waals surface area (Å²) in [6.07, 6.45) is 1.31. The minimum Gasteiger partial charge on any atom is -0.478 e. The summed E-state index contributed by atoms with van der Waals surface area (Å²) in [5.74, 6) is -0.992. The number of nitrogens with zero attached hydrogens (tertiary/aromatic N) is 3. The molecule has 0 aliphatic carbocycles. The van der Waals surface area contributed by atoms with Gasteiger partial charge in [0.1, 0.15) is 11.4 Å². The first kappa shape index (κ1) is 14.4. The summed E-state index contributed by atoms with van der Waals surface area (Å²) in [6, 6.07) is 5.61. The average Bonchev–Trinajstić information content (AvgIpc) is 2.56. The molecule has 0 bridgehead atoms. The summed E-state index contributed by atoms with van der Waals surface area (Å²) in [6.45, 7) is 3.18. The Morgan fingerprint density at radius 1 is 1.23 bits per heavy atom. The van der Waals surface area contributed by atoms with E-state index in [1.807, 2.05) is 4.90 Å². The number of carboxylic acid groups (broad SMARTS) is 1. The Labute approximate surface area is 126 Å². The zero-order valence-corrected chi connectivity index (χ0v) is 11.8. The second-order valence-electron chi connectivity index (χ2n) is 4.98. The summed E-state index contributed by atoms with van der Waals surface area (Å²) >= 11 is 0. The minimum absolute atomic E-state index is 0.00509. The Kier molecular flexibility index (Phi) is 3.97. The van der Waals surface area contributed by atoms with Gasteiger partial charge in [0.2, 0.25) is 5.95 Å². The quantitative estimate of drug-likeness (QED) is 0.892. The number of anilines is 1. The number of aromatic nitrogens is 2. The molecule has 2 heterocycles. The summed E-state index contributed by atoms with van der Waals surface area (Å²) in [4.78, 5) is 21.9. The second-order valence-corrected chi connectivity index (χ2v) is 4.98. The van der Waals surface area contributed by atoms with Crippen LogP contribution in [-0.2, 0) is 0 Å². The number of piperazine rings is 1. The van der Waals surface area contributed by atoms with E-state index in [0.717, 1.165) is 26.2 Å². The fraction of sp³-hybridized carbons (Fsp3) is 0.267. The van der Waals surface area contributed by atoms with E-state index in [-0.39, 0.29) is 11.4 Å². The third-order valence-electron chi connectivity index (χ3n) is 3.52. The number of rotatable bonds is 3. The van der Waals surface area contributed by atoms with Crippen LogP contribution in [0.3, 0.4) is 0 Å². The van der Waals surface area contributed by atoms with Gasteiger partial charge in [0.25, 0.3) is 0 Å². The van der Waals surface area contributed by atoms with Crippen LogP contribution in [0.1, 0.15) is 10.4 Å². The van der Waals surface area contributed by atoms with Gasteiger partial charge in [-0.3, -0.25) is 0 Å². The van der Waals surface area contributed by atoms with E-state index in [9.17, 15) is 14.3 Å². The topological polar surface area (TPSA) is 78.3 Å². The van der Waals surface area contributed by atoms with Crippen molar-refractivity contribution in [3.8, 4) is 11.3 Å². The van der Waals surface area contributed by atoms with E-state index in [0.29, 0.717) is 17.2 Å². The van der Waals surface area contributed by atoms with Gasteiger partial charge in [-0.1, -0.05) is 0 Å². The first-order chi connectivity index (χ1) is 10.6. The second kappa shape index (κ2) is 6.07. The molecule has 114 valence electrons. The van der Waals surface area contributed by atoms with Crippen molar-refractivity contribution in [3.05, 3.63) is 41.8 Å². The Hall–Kier alpha value is -2.54. The lowest BCUT2D eigenvalue weighted by Gasteiger charge is -2.27. The molecule has 7 heteroatoms. The number of carboxylic acids is 1. The van der Waals surface area contributed by atoms with Crippen LogP contribution in [0.5, 0.6) is 0 Å². The number of hydrogen-bond acceptors (Lipinski definition) is 5. The van der Waals surface area contributed by atoms with Gasteiger partial charge in [0.05, 0.1) is 5.69 Å². The van der Waals surface area contributed by atoms with Gasteiger partial charge in [0.15, 0.2) is 0 Å². The molecule has 1 aliphatic rings. The molecular formula is C15H15FN4O2. The third-order valence-corrected chi connectivity index (χ3v) is 3.52. The van der Waals surface area contributed by atoms with E-state index in [1.54, 1.807) is 0 Å². The van der Waals surface area contributed by atoms with Crippen LogP contribution >= 0.6 is 0 Å². The maximum atomic E-state index is 13.1. The molecule has 1 fully saturated rings. The van der Waals surface area contributed by atoms with E-state index >= 15 is 0 Å². The smallest absolute Gasteiger partial charge is 0.339 e. The fourth-order valence-electron chi connectivity index (χ4n) is 2.37. The monoisotopic (exact) mass is 302 g/mol. The lowest BCUT2D eigenvalue weighted by atomic mass is 10.1. The molecule has 1 aromatic carbocycles. The molecule has 0 amide bonds. The highest BCUT2D eigenvalue weighted by atomic mass is 19.1. The molecule has 0 atom stereocenters. The van der Waals surface area contributed by atoms with Crippen molar-refractivity contribution >= 4 is 11.9 Å². The van der Waals surface area contributed by atoms with Crippen molar-refractivity contribution < 1.29 is 14.3 Å². The number of carbonyl (C=O) groups is 1. The summed E-state index contributed by atoms with van der Waals surface area (Å²) in [5.41, 5.74) is 0.860. The van der Waals surface area contributed by atoms with Gasteiger partial charge in [0, 0.05) is 37.9 Å². The molecule has 0 radical (unpaired) electrons. The lowest BCUT2D eigenvalue weighted by Crippen LogP contribution is -2.44. The fourth-order valence-corrected chi connectivity index (χ4v) is 2.37. The van der Waals surface area contributed by atoms with Crippen LogP contribution in [0.4, 0.5) is 10.3 Å². The van der Waals surface area contributed by atoms with Crippen molar-refractivity contribution in [2.24, 2.45) is 0 Å². The SMILES string of the molecule is O=C(O)c1cnc(N2CCNCC2)nc1-c1ccc(F)cc1. The first-order valence-electron chi connectivity index (χ1n) is 6.97. The predicted molar refractivity (Wildman–Crippen MR) is 79.5 cm³/mol. The lowest BCUT2D eigenvalue weighted by molar-refractivity contribution is 0.0697. The van der Waals surface area contributed by atoms with E-state index in [1.165, 1.54) is 30.5 Å². The summed E-state index contributed by atoms with van der Waals surface area (Å²) in [5, 5.41) is 12.5. The predicted octanol–water partition coefficient (Wildman–Crippen LogP) is 1.39. The maximum Gasteiger partial charge on any atom is 0.339 e. The van der Waals surface area contributed by atoms with Gasteiger partial charge in [-0.15, -0.1) is 0 Å². The molecule has 0 saturated carbocycles. The molecule has 0 unspecified atom stereocenters. The Morgan fingerprint density at radius 3 is 2.55 bits per heavy atom. The number of benzene rings is 1. The molecule has 1 aromatic heterocycles. The van der Waals surface area contributed by atoms with Crippen LogP contribution in [0, 0.1) is 5.82 Å². The molecule has 0 spiro atoms. The van der Waals surface area contributed by atoms with Gasteiger partial charge in [-0.05, 0) is 24.3 Å². The first-order valence-corrected chi connectivity index (χ1v) is 6.97. The average molecular weight is 302 g/mol. The Bertz CT molecular complexity index is 684. The van der Waals surface area contributed by atoms with Gasteiger partial charge < -0.3 is 15.3 Å². The van der Waals surface area contributed by atoms with Crippen LogP contribution in [0.15, 0.2) is 30.5 Å². The van der Waals surface area contributed by atoms with Crippen LogP contribution in [-0.4, -0.2) is 47.2 Å². The van der Waals surface area contributed by atoms with E-state index in [2.05, 4.69) is 15.3 Å². The van der Waals surface area contributed by atoms with Gasteiger partial charge in [-0.2, -0.15) is 0 Å². The molecule has 2 aromatic rings. The normalized spacial score (nSPS) is 14.9. The highest BCUT2D eigenvalue weighted by molar-refractivity contribution is 5.94. The largest absolute Gasteiger partial charge is 0.478 e. The van der Waals surface area contributed by atoms with Crippen molar-refractivity contribution in [1.82, 2.24) is 15.3 Å². The highest BCUT2D eigenvalue weighted by Crippen LogP contribution is 2.24. The van der Waals surface area contributed by atoms with E-state index < -0.39 is 5.97 Å². The van der Waals surface area contributed by atoms with Crippen LogP contribution in [0.25, 0.3) is 11.3 Å². The molecule has 1 aliphatic heterocycles. The molecule has 22 heavy (non-hydrogen) atoms. The highest BCUT2D eigenvalue weighted by Gasteiger charge is 2.19. The number of aromatic carboxylic acids is 1. The van der Waals surface area contributed by atoms with Crippen molar-refractivity contribution in [3.63, 3.8) is 0 Å². The van der Waals surface area contributed by atoms with E-state index in [4.69, 9.17) is 0 Å². The number of nitrogens with one attached hydrogen (secondary N) is 1. The number of halogens is 1. The summed E-state index contributed by atoms with van der Waals surface area (Å²) in [7, 11) is 0. The van der Waals surface area contributed by atoms with Crippen LogP contribution < -0.4 is 10.2 Å². The van der Waals surface area contributed by atoms with Crippen molar-refractivity contribution in [1.29, 1.82) is 0 Å². The zero-order chi connectivity index (χ0) is 15.5. The Balaban J connectivity index is 2.04. The molecule has 2 N–H and O–H groups in total. The number of hydrogen-bond donors (Lipinski definition) is 2. The standard InChI is InChI=1S/C15H15FN4O2/c16-11-3-1-10(2-4-11)13-12(14(21)22)9-18-15(19-13)20-7-5-17-6-8-20/h1-4,9,17H,5-8H2,(H,21,22). The third kappa shape index (κ3) is 2.89. The van der Waals surface area contributed by atoms with Gasteiger partial charge in [-0.25, -0.2) is 19.2 Å². The minimum atomic E-state index is -1.11. The van der Waals surface area contributed by atoms with Gasteiger partial charge >= 0.3 is 5.97 Å². The molecule has 1 saturated heterocycles. The van der Waals surface area contributed by atoms with Crippen molar-refractivity contribution in [2.75, 3.05) is 31.1 Å². The van der Waals surface area contributed by atoms with Crippen molar-refractivity contribution in [2.45, 2.75) is 0 Å². The molecule has 3 rings (SSSR count). The summed E-state index contributed by atoms with van der Waals surface area (Å²) < 4.78 is 13.1. The zero-order valence-electron chi connectivity index (χ0n) is 11.8. The van der Waals surface area contributed by atoms with Crippen LogP contribution in [0.2, 0.25) is 0 Å². The Morgan fingerprint density at radius 2 is 1.91 bits per heavy atom. The molecular weight excluding hydrogens is 287 g/mol.